The van der Waals surface area contributed by atoms with Crippen molar-refractivity contribution in [1.29, 1.82) is 0 Å². The maximum atomic E-state index is 12.7. The third kappa shape index (κ3) is 4.48. The molecule has 1 aromatic heterocycles. The molecule has 1 saturated heterocycles. The number of hydrogen-bond donors (Lipinski definition) is 2. The SMILES string of the molecule is Cc1ccc(NC(=O)NCC2CCN(C(=O)c3cc4ccccc4o3)CC2)cc1C. The first-order chi connectivity index (χ1) is 14.5. The molecular weight excluding hydrogens is 378 g/mol. The van der Waals surface area contributed by atoms with Crippen LogP contribution in [0.5, 0.6) is 0 Å². The number of furan rings is 1. The van der Waals surface area contributed by atoms with Gasteiger partial charge in [0.25, 0.3) is 5.91 Å². The lowest BCUT2D eigenvalue weighted by atomic mass is 9.96. The third-order valence-corrected chi connectivity index (χ3v) is 5.85. The van der Waals surface area contributed by atoms with Crippen molar-refractivity contribution in [3.63, 3.8) is 0 Å². The Labute approximate surface area is 176 Å². The normalized spacial score (nSPS) is 14.7. The third-order valence-electron chi connectivity index (χ3n) is 5.85. The highest BCUT2D eigenvalue weighted by Crippen LogP contribution is 2.23. The molecule has 30 heavy (non-hydrogen) atoms. The molecule has 2 aromatic carbocycles. The van der Waals surface area contributed by atoms with Gasteiger partial charge < -0.3 is 20.0 Å². The highest BCUT2D eigenvalue weighted by Gasteiger charge is 2.26. The predicted octanol–water partition coefficient (Wildman–Crippen LogP) is 4.72. The van der Waals surface area contributed by atoms with Gasteiger partial charge >= 0.3 is 6.03 Å². The fourth-order valence-corrected chi connectivity index (χ4v) is 3.81. The topological polar surface area (TPSA) is 74.6 Å². The largest absolute Gasteiger partial charge is 0.451 e. The van der Waals surface area contributed by atoms with Crippen molar-refractivity contribution in [1.82, 2.24) is 10.2 Å². The number of piperidine rings is 1. The number of likely N-dealkylation sites (tertiary alicyclic amines) is 1. The van der Waals surface area contributed by atoms with Gasteiger partial charge in [0, 0.05) is 30.7 Å². The summed E-state index contributed by atoms with van der Waals surface area (Å²) >= 11 is 0. The molecule has 156 valence electrons. The predicted molar refractivity (Wildman–Crippen MR) is 118 cm³/mol. The lowest BCUT2D eigenvalue weighted by Gasteiger charge is -2.31. The Morgan fingerprint density at radius 1 is 1.03 bits per heavy atom. The van der Waals surface area contributed by atoms with E-state index in [9.17, 15) is 9.59 Å². The van der Waals surface area contributed by atoms with E-state index in [0.29, 0.717) is 31.3 Å². The van der Waals surface area contributed by atoms with Gasteiger partial charge in [-0.15, -0.1) is 0 Å². The van der Waals surface area contributed by atoms with Gasteiger partial charge in [0.15, 0.2) is 5.76 Å². The number of hydrogen-bond acceptors (Lipinski definition) is 3. The van der Waals surface area contributed by atoms with Crippen molar-refractivity contribution in [3.8, 4) is 0 Å². The van der Waals surface area contributed by atoms with Gasteiger partial charge in [-0.1, -0.05) is 24.3 Å². The second kappa shape index (κ2) is 8.61. The molecule has 3 aromatic rings. The summed E-state index contributed by atoms with van der Waals surface area (Å²) in [4.78, 5) is 26.8. The average molecular weight is 405 g/mol. The molecule has 1 aliphatic heterocycles. The van der Waals surface area contributed by atoms with E-state index in [-0.39, 0.29) is 11.9 Å². The monoisotopic (exact) mass is 405 g/mol. The number of nitrogens with zero attached hydrogens (tertiary/aromatic N) is 1. The number of rotatable bonds is 4. The Bertz CT molecular complexity index is 1030. The molecule has 0 spiro atoms. The Balaban J connectivity index is 1.24. The first kappa shape index (κ1) is 20.0. The first-order valence-electron chi connectivity index (χ1n) is 10.4. The first-order valence-corrected chi connectivity index (χ1v) is 10.4. The van der Waals surface area contributed by atoms with Crippen LogP contribution in [0.3, 0.4) is 0 Å². The van der Waals surface area contributed by atoms with Crippen molar-refractivity contribution in [3.05, 3.63) is 65.4 Å². The second-order valence-corrected chi connectivity index (χ2v) is 8.02. The van der Waals surface area contributed by atoms with Crippen LogP contribution < -0.4 is 10.6 Å². The number of fused-ring (bicyclic) bond motifs is 1. The Kier molecular flexibility index (Phi) is 5.74. The minimum atomic E-state index is -0.195. The molecule has 6 heteroatoms. The van der Waals surface area contributed by atoms with Crippen LogP contribution in [0.25, 0.3) is 11.0 Å². The molecular formula is C24H27N3O3. The Hall–Kier alpha value is -3.28. The molecule has 4 rings (SSSR count). The highest BCUT2D eigenvalue weighted by atomic mass is 16.3. The summed E-state index contributed by atoms with van der Waals surface area (Å²) in [5, 5.41) is 6.78. The van der Waals surface area contributed by atoms with Crippen molar-refractivity contribution in [2.24, 2.45) is 5.92 Å². The van der Waals surface area contributed by atoms with Gasteiger partial charge in [-0.2, -0.15) is 0 Å². The molecule has 0 radical (unpaired) electrons. The molecule has 6 nitrogen and oxygen atoms in total. The van der Waals surface area contributed by atoms with Crippen LogP contribution >= 0.6 is 0 Å². The van der Waals surface area contributed by atoms with Crippen LogP contribution in [0, 0.1) is 19.8 Å². The summed E-state index contributed by atoms with van der Waals surface area (Å²) < 4.78 is 5.70. The minimum absolute atomic E-state index is 0.0647. The van der Waals surface area contributed by atoms with E-state index < -0.39 is 0 Å². The van der Waals surface area contributed by atoms with Crippen molar-refractivity contribution in [2.75, 3.05) is 25.0 Å². The number of carbonyl (C=O) groups excluding carboxylic acids is 2. The van der Waals surface area contributed by atoms with Crippen LogP contribution in [0.1, 0.15) is 34.5 Å². The number of urea groups is 1. The fraction of sp³-hybridized carbons (Fsp3) is 0.333. The van der Waals surface area contributed by atoms with Crippen LogP contribution in [0.2, 0.25) is 0 Å². The van der Waals surface area contributed by atoms with E-state index in [4.69, 9.17) is 4.42 Å². The van der Waals surface area contributed by atoms with E-state index in [2.05, 4.69) is 10.6 Å². The molecule has 1 fully saturated rings. The van der Waals surface area contributed by atoms with E-state index >= 15 is 0 Å². The van der Waals surface area contributed by atoms with Crippen LogP contribution in [0.15, 0.2) is 52.9 Å². The molecule has 2 N–H and O–H groups in total. The Morgan fingerprint density at radius 2 is 1.80 bits per heavy atom. The molecule has 0 bridgehead atoms. The van der Waals surface area contributed by atoms with Crippen LogP contribution in [-0.4, -0.2) is 36.5 Å². The smallest absolute Gasteiger partial charge is 0.319 e. The van der Waals surface area contributed by atoms with Gasteiger partial charge in [-0.05, 0) is 68.0 Å². The van der Waals surface area contributed by atoms with E-state index in [1.165, 1.54) is 5.56 Å². The number of para-hydroxylation sites is 1. The zero-order valence-electron chi connectivity index (χ0n) is 17.4. The average Bonchev–Trinajstić information content (AvgIpc) is 3.19. The zero-order valence-corrected chi connectivity index (χ0v) is 17.4. The maximum absolute atomic E-state index is 12.7. The van der Waals surface area contributed by atoms with Gasteiger partial charge in [-0.3, -0.25) is 4.79 Å². The number of amides is 3. The molecule has 0 saturated carbocycles. The summed E-state index contributed by atoms with van der Waals surface area (Å²) in [6, 6.07) is 15.1. The summed E-state index contributed by atoms with van der Waals surface area (Å²) in [6.07, 6.45) is 1.71. The molecule has 2 heterocycles. The number of carbonyl (C=O) groups is 2. The van der Waals surface area contributed by atoms with E-state index in [1.807, 2.05) is 67.3 Å². The lowest BCUT2D eigenvalue weighted by molar-refractivity contribution is 0.0661. The van der Waals surface area contributed by atoms with Gasteiger partial charge in [0.1, 0.15) is 5.58 Å². The van der Waals surface area contributed by atoms with Gasteiger partial charge in [0.05, 0.1) is 0 Å². The lowest BCUT2D eigenvalue weighted by Crippen LogP contribution is -2.42. The standard InChI is InChI=1S/C24H27N3O3/c1-16-7-8-20(13-17(16)2)26-24(29)25-15-18-9-11-27(12-10-18)23(28)22-14-19-5-3-4-6-21(19)30-22/h3-8,13-14,18H,9-12,15H2,1-2H3,(H2,25,26,29). The fourth-order valence-electron chi connectivity index (χ4n) is 3.81. The number of aryl methyl sites for hydroxylation is 2. The second-order valence-electron chi connectivity index (χ2n) is 8.02. The molecule has 0 aliphatic carbocycles. The highest BCUT2D eigenvalue weighted by molar-refractivity contribution is 5.96. The molecule has 3 amide bonds. The Morgan fingerprint density at radius 3 is 2.53 bits per heavy atom. The van der Waals surface area contributed by atoms with Crippen molar-refractivity contribution in [2.45, 2.75) is 26.7 Å². The van der Waals surface area contributed by atoms with Crippen molar-refractivity contribution < 1.29 is 14.0 Å². The summed E-state index contributed by atoms with van der Waals surface area (Å²) in [5.41, 5.74) is 3.87. The van der Waals surface area contributed by atoms with E-state index in [0.717, 1.165) is 35.1 Å². The van der Waals surface area contributed by atoms with Crippen LogP contribution in [-0.2, 0) is 0 Å². The quantitative estimate of drug-likeness (QED) is 0.659. The molecule has 1 aliphatic rings. The van der Waals surface area contributed by atoms with Crippen LogP contribution in [0.4, 0.5) is 10.5 Å². The number of benzene rings is 2. The number of nitrogens with one attached hydrogen (secondary N) is 2. The maximum Gasteiger partial charge on any atom is 0.319 e. The summed E-state index contributed by atoms with van der Waals surface area (Å²) in [7, 11) is 0. The van der Waals surface area contributed by atoms with Gasteiger partial charge in [-0.25, -0.2) is 4.79 Å². The minimum Gasteiger partial charge on any atom is -0.451 e. The summed E-state index contributed by atoms with van der Waals surface area (Å²) in [6.45, 7) is 6.01. The zero-order chi connectivity index (χ0) is 21.1. The van der Waals surface area contributed by atoms with Gasteiger partial charge in [0.2, 0.25) is 0 Å². The van der Waals surface area contributed by atoms with Crippen molar-refractivity contribution >= 4 is 28.6 Å². The van der Waals surface area contributed by atoms with E-state index in [1.54, 1.807) is 0 Å². The summed E-state index contributed by atoms with van der Waals surface area (Å²) in [5.74, 6) is 0.681. The number of anilines is 1. The molecule has 0 atom stereocenters. The molecule has 0 unspecified atom stereocenters.